The Kier molecular flexibility index (Phi) is 6.21. The quantitative estimate of drug-likeness (QED) is 0.840. The summed E-state index contributed by atoms with van der Waals surface area (Å²) >= 11 is 4.65. The summed E-state index contributed by atoms with van der Waals surface area (Å²) in [5.41, 5.74) is 0.723. The minimum atomic E-state index is -0.845. The van der Waals surface area contributed by atoms with Gasteiger partial charge in [-0.05, 0) is 18.2 Å². The number of carboxylic acid groups (broad SMARTS) is 1. The lowest BCUT2D eigenvalue weighted by atomic mass is 10.3. The maximum atomic E-state index is 11.6. The van der Waals surface area contributed by atoms with Gasteiger partial charge in [0.05, 0.1) is 12.2 Å². The van der Waals surface area contributed by atoms with Crippen molar-refractivity contribution in [1.82, 2.24) is 0 Å². The van der Waals surface area contributed by atoms with E-state index in [2.05, 4.69) is 21.2 Å². The van der Waals surface area contributed by atoms with Gasteiger partial charge in [0.25, 0.3) is 0 Å². The number of hydrogen-bond donors (Lipinski definition) is 2. The van der Waals surface area contributed by atoms with Crippen molar-refractivity contribution in [2.24, 2.45) is 0 Å². The van der Waals surface area contributed by atoms with E-state index in [-0.39, 0.29) is 23.3 Å². The first-order valence-corrected chi connectivity index (χ1v) is 7.20. The summed E-state index contributed by atoms with van der Waals surface area (Å²) in [6.07, 6.45) is 0.0643. The Morgan fingerprint density at radius 2 is 2.22 bits per heavy atom. The first kappa shape index (κ1) is 15.0. The second-order valence-electron chi connectivity index (χ2n) is 3.78. The fraction of sp³-hybridized carbons (Fsp3) is 0.333. The molecule has 0 saturated heterocycles. The van der Waals surface area contributed by atoms with E-state index in [1.165, 1.54) is 11.8 Å². The largest absolute Gasteiger partial charge is 0.481 e. The van der Waals surface area contributed by atoms with E-state index in [0.717, 1.165) is 10.2 Å². The average molecular weight is 332 g/mol. The molecule has 6 heteroatoms. The topological polar surface area (TPSA) is 66.4 Å². The standard InChI is InChI=1S/C12H14BrNO3S/c1-8(5-12(16)17)18-7-11(15)14-10-4-2-3-9(13)6-10/h2-4,6,8H,5,7H2,1H3,(H,14,15)(H,16,17). The summed E-state index contributed by atoms with van der Waals surface area (Å²) in [4.78, 5) is 22.1. The average Bonchev–Trinajstić information content (AvgIpc) is 2.25. The molecule has 0 aliphatic heterocycles. The third-order valence-electron chi connectivity index (χ3n) is 2.07. The Balaban J connectivity index is 2.36. The van der Waals surface area contributed by atoms with Crippen molar-refractivity contribution in [3.05, 3.63) is 28.7 Å². The molecule has 0 aromatic heterocycles. The second kappa shape index (κ2) is 7.43. The smallest absolute Gasteiger partial charge is 0.304 e. The number of carboxylic acids is 1. The first-order chi connectivity index (χ1) is 8.47. The summed E-state index contributed by atoms with van der Waals surface area (Å²) < 4.78 is 0.896. The van der Waals surface area contributed by atoms with Crippen molar-refractivity contribution in [3.8, 4) is 0 Å². The Hall–Kier alpha value is -1.01. The number of aliphatic carboxylic acids is 1. The third kappa shape index (κ3) is 6.07. The Morgan fingerprint density at radius 1 is 1.50 bits per heavy atom. The summed E-state index contributed by atoms with van der Waals surface area (Å²) in [5, 5.41) is 11.3. The van der Waals surface area contributed by atoms with Crippen LogP contribution >= 0.6 is 27.7 Å². The lowest BCUT2D eigenvalue weighted by Crippen LogP contribution is -2.16. The van der Waals surface area contributed by atoms with Gasteiger partial charge < -0.3 is 10.4 Å². The molecule has 0 aliphatic rings. The molecule has 98 valence electrons. The maximum absolute atomic E-state index is 11.6. The van der Waals surface area contributed by atoms with Crippen LogP contribution in [-0.2, 0) is 9.59 Å². The van der Waals surface area contributed by atoms with Crippen molar-refractivity contribution in [2.75, 3.05) is 11.1 Å². The lowest BCUT2D eigenvalue weighted by Gasteiger charge is -2.09. The highest BCUT2D eigenvalue weighted by Crippen LogP contribution is 2.17. The Morgan fingerprint density at radius 3 is 2.83 bits per heavy atom. The van der Waals surface area contributed by atoms with Crippen molar-refractivity contribution < 1.29 is 14.7 Å². The molecule has 1 unspecified atom stereocenters. The van der Waals surface area contributed by atoms with Crippen LogP contribution in [0.5, 0.6) is 0 Å². The van der Waals surface area contributed by atoms with Crippen LogP contribution < -0.4 is 5.32 Å². The van der Waals surface area contributed by atoms with Gasteiger partial charge in [-0.1, -0.05) is 28.9 Å². The first-order valence-electron chi connectivity index (χ1n) is 5.36. The van der Waals surface area contributed by atoms with Crippen LogP contribution in [0.2, 0.25) is 0 Å². The molecule has 1 aromatic rings. The van der Waals surface area contributed by atoms with Crippen LogP contribution in [0.3, 0.4) is 0 Å². The van der Waals surface area contributed by atoms with Crippen LogP contribution in [0.25, 0.3) is 0 Å². The lowest BCUT2D eigenvalue weighted by molar-refractivity contribution is -0.136. The van der Waals surface area contributed by atoms with E-state index in [4.69, 9.17) is 5.11 Å². The highest BCUT2D eigenvalue weighted by molar-refractivity contribution is 9.10. The zero-order valence-electron chi connectivity index (χ0n) is 9.85. The van der Waals surface area contributed by atoms with E-state index < -0.39 is 5.97 Å². The van der Waals surface area contributed by atoms with E-state index in [1.54, 1.807) is 13.0 Å². The van der Waals surface area contributed by atoms with Crippen molar-refractivity contribution >= 4 is 45.3 Å². The number of nitrogens with one attached hydrogen (secondary N) is 1. The zero-order valence-corrected chi connectivity index (χ0v) is 12.3. The molecule has 1 atom stereocenters. The van der Waals surface area contributed by atoms with E-state index >= 15 is 0 Å². The molecule has 0 bridgehead atoms. The minimum Gasteiger partial charge on any atom is -0.481 e. The number of thioether (sulfide) groups is 1. The molecule has 0 spiro atoms. The molecule has 0 saturated carbocycles. The van der Waals surface area contributed by atoms with Gasteiger partial charge in [-0.2, -0.15) is 0 Å². The zero-order chi connectivity index (χ0) is 13.5. The van der Waals surface area contributed by atoms with Crippen molar-refractivity contribution in [1.29, 1.82) is 0 Å². The monoisotopic (exact) mass is 331 g/mol. The number of rotatable bonds is 6. The van der Waals surface area contributed by atoms with Gasteiger partial charge in [0, 0.05) is 15.4 Å². The third-order valence-corrected chi connectivity index (χ3v) is 3.73. The molecule has 1 aromatic carbocycles. The normalized spacial score (nSPS) is 11.9. The number of anilines is 1. The number of halogens is 1. The highest BCUT2D eigenvalue weighted by atomic mass is 79.9. The summed E-state index contributed by atoms with van der Waals surface area (Å²) in [7, 11) is 0. The summed E-state index contributed by atoms with van der Waals surface area (Å²) in [6.45, 7) is 1.80. The van der Waals surface area contributed by atoms with Gasteiger partial charge in [0.15, 0.2) is 0 Å². The van der Waals surface area contributed by atoms with Gasteiger partial charge in [0.2, 0.25) is 5.91 Å². The Labute approximate surface area is 118 Å². The van der Waals surface area contributed by atoms with Crippen LogP contribution in [0.1, 0.15) is 13.3 Å². The highest BCUT2D eigenvalue weighted by Gasteiger charge is 2.10. The molecule has 4 nitrogen and oxygen atoms in total. The van der Waals surface area contributed by atoms with Crippen LogP contribution in [0.4, 0.5) is 5.69 Å². The predicted octanol–water partition coefficient (Wildman–Crippen LogP) is 2.98. The fourth-order valence-corrected chi connectivity index (χ4v) is 2.45. The molecule has 2 N–H and O–H groups in total. The number of carbonyl (C=O) groups excluding carboxylic acids is 1. The summed E-state index contributed by atoms with van der Waals surface area (Å²) in [5.74, 6) is -0.723. The van der Waals surface area contributed by atoms with Gasteiger partial charge in [-0.25, -0.2) is 0 Å². The fourth-order valence-electron chi connectivity index (χ4n) is 1.29. The predicted molar refractivity (Wildman–Crippen MR) is 76.9 cm³/mol. The van der Waals surface area contributed by atoms with E-state index in [9.17, 15) is 9.59 Å². The molecular weight excluding hydrogens is 318 g/mol. The second-order valence-corrected chi connectivity index (χ2v) is 6.12. The SMILES string of the molecule is CC(CC(=O)O)SCC(=O)Nc1cccc(Br)c1. The number of benzene rings is 1. The Bertz CT molecular complexity index is 439. The van der Waals surface area contributed by atoms with Gasteiger partial charge in [0.1, 0.15) is 0 Å². The molecular formula is C12H14BrNO3S. The number of hydrogen-bond acceptors (Lipinski definition) is 3. The van der Waals surface area contributed by atoms with Gasteiger partial charge >= 0.3 is 5.97 Å². The van der Waals surface area contributed by atoms with Crippen molar-refractivity contribution in [3.63, 3.8) is 0 Å². The molecule has 1 amide bonds. The minimum absolute atomic E-state index is 0.0643. The van der Waals surface area contributed by atoms with Crippen LogP contribution in [0.15, 0.2) is 28.7 Å². The summed E-state index contributed by atoms with van der Waals surface area (Å²) in [6, 6.07) is 7.32. The number of amides is 1. The molecule has 0 aliphatic carbocycles. The van der Waals surface area contributed by atoms with Crippen molar-refractivity contribution in [2.45, 2.75) is 18.6 Å². The molecule has 0 fully saturated rings. The van der Waals surface area contributed by atoms with E-state index in [0.29, 0.717) is 0 Å². The number of carbonyl (C=O) groups is 2. The van der Waals surface area contributed by atoms with Crippen LogP contribution in [-0.4, -0.2) is 28.0 Å². The molecule has 0 radical (unpaired) electrons. The van der Waals surface area contributed by atoms with Gasteiger partial charge in [-0.3, -0.25) is 9.59 Å². The van der Waals surface area contributed by atoms with Gasteiger partial charge in [-0.15, -0.1) is 11.8 Å². The molecule has 0 heterocycles. The van der Waals surface area contributed by atoms with Crippen LogP contribution in [0, 0.1) is 0 Å². The molecule has 18 heavy (non-hydrogen) atoms. The maximum Gasteiger partial charge on any atom is 0.304 e. The molecule has 1 rings (SSSR count). The van der Waals surface area contributed by atoms with E-state index in [1.807, 2.05) is 18.2 Å².